The first kappa shape index (κ1) is 15.5. The molecular formula is C19H13F2OP. The Kier molecular flexibility index (Phi) is 4.59. The normalized spacial score (nSPS) is 10.7. The quantitative estimate of drug-likeness (QED) is 0.529. The Morgan fingerprint density at radius 1 is 0.696 bits per heavy atom. The Morgan fingerprint density at radius 2 is 1.17 bits per heavy atom. The number of halogens is 2. The maximum Gasteiger partial charge on any atom is 0.150 e. The number of hydrogen-bond acceptors (Lipinski definition) is 1. The molecule has 0 N–H and O–H groups in total. The molecule has 0 aliphatic rings. The molecule has 114 valence electrons. The summed E-state index contributed by atoms with van der Waals surface area (Å²) in [4.78, 5) is 11.4. The first-order chi connectivity index (χ1) is 11.2. The van der Waals surface area contributed by atoms with E-state index in [1.54, 1.807) is 36.4 Å². The Hall–Kier alpha value is -2.38. The van der Waals surface area contributed by atoms with Gasteiger partial charge in [0.25, 0.3) is 0 Å². The van der Waals surface area contributed by atoms with E-state index in [9.17, 15) is 13.6 Å². The van der Waals surface area contributed by atoms with Gasteiger partial charge in [0, 0.05) is 5.56 Å². The molecule has 0 unspecified atom stereocenters. The van der Waals surface area contributed by atoms with Gasteiger partial charge in [-0.15, -0.1) is 0 Å². The summed E-state index contributed by atoms with van der Waals surface area (Å²) in [7, 11) is -1.06. The van der Waals surface area contributed by atoms with Gasteiger partial charge in [0.15, 0.2) is 6.29 Å². The molecule has 0 heterocycles. The molecule has 0 spiro atoms. The zero-order valence-electron chi connectivity index (χ0n) is 12.1. The van der Waals surface area contributed by atoms with Gasteiger partial charge in [-0.1, -0.05) is 48.5 Å². The van der Waals surface area contributed by atoms with Crippen molar-refractivity contribution in [1.82, 2.24) is 0 Å². The van der Waals surface area contributed by atoms with Crippen molar-refractivity contribution < 1.29 is 13.6 Å². The van der Waals surface area contributed by atoms with Crippen molar-refractivity contribution in [1.29, 1.82) is 0 Å². The van der Waals surface area contributed by atoms with Gasteiger partial charge in [0.2, 0.25) is 0 Å². The van der Waals surface area contributed by atoms with Crippen LogP contribution in [0, 0.1) is 11.6 Å². The molecule has 23 heavy (non-hydrogen) atoms. The Morgan fingerprint density at radius 3 is 1.65 bits per heavy atom. The third kappa shape index (κ3) is 3.35. The van der Waals surface area contributed by atoms with Crippen LogP contribution in [-0.2, 0) is 0 Å². The minimum atomic E-state index is -1.06. The molecular weight excluding hydrogens is 313 g/mol. The first-order valence-electron chi connectivity index (χ1n) is 7.04. The summed E-state index contributed by atoms with van der Waals surface area (Å²) in [6.07, 6.45) is 0.817. The average molecular weight is 326 g/mol. The van der Waals surface area contributed by atoms with E-state index in [2.05, 4.69) is 0 Å². The van der Waals surface area contributed by atoms with Gasteiger partial charge in [0.1, 0.15) is 11.6 Å². The van der Waals surface area contributed by atoms with Crippen LogP contribution in [0.1, 0.15) is 10.4 Å². The predicted octanol–water partition coefficient (Wildman–Crippen LogP) is 3.54. The standard InChI is InChI=1S/C19H13F2OP/c20-15-5-9-17(10-6-15)23(18-11-7-16(21)8-12-18)19-4-2-1-3-14(19)13-22/h1-13H. The molecule has 0 saturated heterocycles. The van der Waals surface area contributed by atoms with Crippen molar-refractivity contribution in [2.45, 2.75) is 0 Å². The minimum Gasteiger partial charge on any atom is -0.298 e. The lowest BCUT2D eigenvalue weighted by molar-refractivity contribution is 0.112. The molecule has 0 bridgehead atoms. The number of carbonyl (C=O) groups is 1. The van der Waals surface area contributed by atoms with E-state index in [-0.39, 0.29) is 11.6 Å². The fourth-order valence-electron chi connectivity index (χ4n) is 2.40. The lowest BCUT2D eigenvalue weighted by Crippen LogP contribution is -2.23. The molecule has 0 fully saturated rings. The molecule has 0 aromatic heterocycles. The van der Waals surface area contributed by atoms with E-state index < -0.39 is 7.92 Å². The number of aldehydes is 1. The molecule has 1 nitrogen and oxygen atoms in total. The van der Waals surface area contributed by atoms with Gasteiger partial charge < -0.3 is 0 Å². The second-order valence-electron chi connectivity index (χ2n) is 4.96. The van der Waals surface area contributed by atoms with E-state index in [1.165, 1.54) is 24.3 Å². The van der Waals surface area contributed by atoms with Crippen LogP contribution in [0.25, 0.3) is 0 Å². The summed E-state index contributed by atoms with van der Waals surface area (Å²) in [6.45, 7) is 0. The lowest BCUT2D eigenvalue weighted by atomic mass is 10.2. The third-order valence-corrected chi connectivity index (χ3v) is 5.99. The van der Waals surface area contributed by atoms with Crippen LogP contribution in [0.4, 0.5) is 8.78 Å². The van der Waals surface area contributed by atoms with Gasteiger partial charge in [-0.2, -0.15) is 0 Å². The van der Waals surface area contributed by atoms with Gasteiger partial charge in [-0.05, 0) is 48.1 Å². The summed E-state index contributed by atoms with van der Waals surface area (Å²) in [5.41, 5.74) is 0.590. The molecule has 3 rings (SSSR count). The molecule has 0 amide bonds. The first-order valence-corrected chi connectivity index (χ1v) is 8.38. The molecule has 0 aliphatic carbocycles. The summed E-state index contributed by atoms with van der Waals surface area (Å²) >= 11 is 0. The Balaban J connectivity index is 2.19. The van der Waals surface area contributed by atoms with Gasteiger partial charge in [0.05, 0.1) is 0 Å². The topological polar surface area (TPSA) is 17.1 Å². The monoisotopic (exact) mass is 326 g/mol. The van der Waals surface area contributed by atoms with Crippen LogP contribution in [-0.4, -0.2) is 6.29 Å². The van der Waals surface area contributed by atoms with Crippen LogP contribution in [0.3, 0.4) is 0 Å². The highest BCUT2D eigenvalue weighted by Gasteiger charge is 2.19. The molecule has 0 saturated carbocycles. The van der Waals surface area contributed by atoms with E-state index >= 15 is 0 Å². The SMILES string of the molecule is O=Cc1ccccc1P(c1ccc(F)cc1)c1ccc(F)cc1. The van der Waals surface area contributed by atoms with Crippen molar-refractivity contribution in [3.05, 3.63) is 90.0 Å². The highest BCUT2D eigenvalue weighted by molar-refractivity contribution is 7.80. The van der Waals surface area contributed by atoms with E-state index in [0.717, 1.165) is 22.2 Å². The zero-order chi connectivity index (χ0) is 16.2. The second kappa shape index (κ2) is 6.80. The summed E-state index contributed by atoms with van der Waals surface area (Å²) in [5.74, 6) is -0.627. The Bertz CT molecular complexity index is 768. The second-order valence-corrected chi connectivity index (χ2v) is 7.15. The highest BCUT2D eigenvalue weighted by atomic mass is 31.1. The molecule has 3 aromatic carbocycles. The summed E-state index contributed by atoms with van der Waals surface area (Å²) in [5, 5.41) is 2.68. The molecule has 3 aromatic rings. The van der Waals surface area contributed by atoms with Crippen molar-refractivity contribution >= 4 is 30.1 Å². The van der Waals surface area contributed by atoms with Crippen molar-refractivity contribution in [3.8, 4) is 0 Å². The van der Waals surface area contributed by atoms with E-state index in [1.807, 2.05) is 12.1 Å². The predicted molar refractivity (Wildman–Crippen MR) is 90.5 cm³/mol. The number of hydrogen-bond donors (Lipinski definition) is 0. The smallest absolute Gasteiger partial charge is 0.150 e. The van der Waals surface area contributed by atoms with Crippen LogP contribution >= 0.6 is 7.92 Å². The maximum absolute atomic E-state index is 13.3. The molecule has 0 aliphatic heterocycles. The highest BCUT2D eigenvalue weighted by Crippen LogP contribution is 2.33. The van der Waals surface area contributed by atoms with Crippen molar-refractivity contribution in [2.24, 2.45) is 0 Å². The van der Waals surface area contributed by atoms with Gasteiger partial charge in [-0.3, -0.25) is 4.79 Å². The van der Waals surface area contributed by atoms with Crippen LogP contribution < -0.4 is 15.9 Å². The van der Waals surface area contributed by atoms with Gasteiger partial charge >= 0.3 is 0 Å². The largest absolute Gasteiger partial charge is 0.298 e. The number of rotatable bonds is 4. The number of benzene rings is 3. The van der Waals surface area contributed by atoms with E-state index in [4.69, 9.17) is 0 Å². The zero-order valence-corrected chi connectivity index (χ0v) is 13.0. The molecule has 0 radical (unpaired) electrons. The fraction of sp³-hybridized carbons (Fsp3) is 0. The Labute approximate surface area is 134 Å². The van der Waals surface area contributed by atoms with Crippen molar-refractivity contribution in [2.75, 3.05) is 0 Å². The fourth-order valence-corrected chi connectivity index (χ4v) is 4.77. The third-order valence-electron chi connectivity index (χ3n) is 3.47. The molecule has 4 heteroatoms. The maximum atomic E-state index is 13.3. The summed E-state index contributed by atoms with van der Waals surface area (Å²) in [6, 6.07) is 19.8. The van der Waals surface area contributed by atoms with Crippen LogP contribution in [0.2, 0.25) is 0 Å². The van der Waals surface area contributed by atoms with E-state index in [0.29, 0.717) is 5.56 Å². The van der Waals surface area contributed by atoms with Gasteiger partial charge in [-0.25, -0.2) is 8.78 Å². The van der Waals surface area contributed by atoms with Crippen molar-refractivity contribution in [3.63, 3.8) is 0 Å². The lowest BCUT2D eigenvalue weighted by Gasteiger charge is -2.20. The van der Waals surface area contributed by atoms with Crippen LogP contribution in [0.15, 0.2) is 72.8 Å². The summed E-state index contributed by atoms with van der Waals surface area (Å²) < 4.78 is 26.5. The van der Waals surface area contributed by atoms with Crippen LogP contribution in [0.5, 0.6) is 0 Å². The molecule has 0 atom stereocenters. The number of carbonyl (C=O) groups excluding carboxylic acids is 1. The minimum absolute atomic E-state index is 0.313. The average Bonchev–Trinajstić information content (AvgIpc) is 2.59.